The second-order valence-electron chi connectivity index (χ2n) is 8.02. The number of anilines is 1. The third-order valence-corrected chi connectivity index (χ3v) is 5.85. The molecule has 0 aromatic heterocycles. The Morgan fingerprint density at radius 3 is 2.69 bits per heavy atom. The van der Waals surface area contributed by atoms with Crippen LogP contribution in [0.2, 0.25) is 0 Å². The van der Waals surface area contributed by atoms with Crippen molar-refractivity contribution in [2.45, 2.75) is 45.3 Å². The van der Waals surface area contributed by atoms with E-state index in [9.17, 15) is 14.4 Å². The SMILES string of the molecule is CCOc1cc2c(cc1NC(=O)CN1C(=O)N[C@@](CC)(c3ccccc3)C1=O)O[C@H](C)C2. The number of amides is 4. The fourth-order valence-electron chi connectivity index (χ4n) is 4.28. The predicted octanol–water partition coefficient (Wildman–Crippen LogP) is 3.20. The topological polar surface area (TPSA) is 97.0 Å². The van der Waals surface area contributed by atoms with Crippen molar-refractivity contribution in [3.8, 4) is 11.5 Å². The molecule has 4 rings (SSSR count). The van der Waals surface area contributed by atoms with Gasteiger partial charge in [0.1, 0.15) is 29.7 Å². The van der Waals surface area contributed by atoms with Crippen molar-refractivity contribution < 1.29 is 23.9 Å². The Morgan fingerprint density at radius 2 is 2.00 bits per heavy atom. The van der Waals surface area contributed by atoms with Crippen molar-refractivity contribution >= 4 is 23.5 Å². The van der Waals surface area contributed by atoms with Crippen molar-refractivity contribution in [1.29, 1.82) is 0 Å². The van der Waals surface area contributed by atoms with Crippen LogP contribution in [0.15, 0.2) is 42.5 Å². The zero-order valence-electron chi connectivity index (χ0n) is 18.4. The standard InChI is InChI=1S/C24H27N3O5/c1-4-24(17-9-7-6-8-10-17)22(29)27(23(30)26-24)14-21(28)25-18-13-19-16(11-15(3)32-19)12-20(18)31-5-2/h6-10,12-13,15H,4-5,11,14H2,1-3H3,(H,25,28)(H,26,30)/t15-,24+/m1/s1. The second kappa shape index (κ2) is 8.53. The van der Waals surface area contributed by atoms with E-state index in [2.05, 4.69) is 10.6 Å². The summed E-state index contributed by atoms with van der Waals surface area (Å²) in [6, 6.07) is 12.1. The molecule has 32 heavy (non-hydrogen) atoms. The fraction of sp³-hybridized carbons (Fsp3) is 0.375. The molecule has 168 valence electrons. The number of urea groups is 1. The molecule has 4 amide bonds. The first-order valence-electron chi connectivity index (χ1n) is 10.8. The van der Waals surface area contributed by atoms with Crippen LogP contribution in [0.1, 0.15) is 38.3 Å². The van der Waals surface area contributed by atoms with Gasteiger partial charge in [0.25, 0.3) is 5.91 Å². The van der Waals surface area contributed by atoms with E-state index in [1.165, 1.54) is 0 Å². The lowest BCUT2D eigenvalue weighted by molar-refractivity contribution is -0.134. The Kier molecular flexibility index (Phi) is 5.78. The number of carbonyl (C=O) groups excluding carboxylic acids is 3. The maximum atomic E-state index is 13.2. The van der Waals surface area contributed by atoms with Gasteiger partial charge < -0.3 is 20.1 Å². The average Bonchev–Trinajstić information content (AvgIpc) is 3.25. The summed E-state index contributed by atoms with van der Waals surface area (Å²) < 4.78 is 11.5. The molecule has 0 saturated carbocycles. The van der Waals surface area contributed by atoms with Crippen LogP contribution in [0.3, 0.4) is 0 Å². The minimum absolute atomic E-state index is 0.0523. The first-order valence-corrected chi connectivity index (χ1v) is 10.8. The Balaban J connectivity index is 1.53. The first kappa shape index (κ1) is 21.7. The van der Waals surface area contributed by atoms with E-state index >= 15 is 0 Å². The summed E-state index contributed by atoms with van der Waals surface area (Å²) in [5, 5.41) is 5.56. The monoisotopic (exact) mass is 437 g/mol. The van der Waals surface area contributed by atoms with E-state index < -0.39 is 29.9 Å². The Bertz CT molecular complexity index is 1060. The predicted molar refractivity (Wildman–Crippen MR) is 119 cm³/mol. The highest BCUT2D eigenvalue weighted by Gasteiger charge is 2.51. The van der Waals surface area contributed by atoms with Gasteiger partial charge in [0.05, 0.1) is 12.3 Å². The molecule has 1 saturated heterocycles. The Hall–Kier alpha value is -3.55. The summed E-state index contributed by atoms with van der Waals surface area (Å²) in [5.41, 5.74) is 0.976. The van der Waals surface area contributed by atoms with E-state index in [-0.39, 0.29) is 6.10 Å². The van der Waals surface area contributed by atoms with Crippen LogP contribution in [-0.4, -0.2) is 42.0 Å². The lowest BCUT2D eigenvalue weighted by Crippen LogP contribution is -2.44. The number of nitrogens with zero attached hydrogens (tertiary/aromatic N) is 1. The number of ether oxygens (including phenoxy) is 2. The highest BCUT2D eigenvalue weighted by Crippen LogP contribution is 2.38. The summed E-state index contributed by atoms with van der Waals surface area (Å²) in [5.74, 6) is 0.282. The largest absolute Gasteiger partial charge is 0.492 e. The number of hydrogen-bond donors (Lipinski definition) is 2. The molecule has 2 aliphatic heterocycles. The molecule has 2 aromatic carbocycles. The molecule has 2 aliphatic rings. The molecule has 8 heteroatoms. The van der Waals surface area contributed by atoms with E-state index in [1.54, 1.807) is 18.2 Å². The quantitative estimate of drug-likeness (QED) is 0.649. The maximum Gasteiger partial charge on any atom is 0.325 e. The van der Waals surface area contributed by atoms with Gasteiger partial charge in [-0.25, -0.2) is 4.79 Å². The lowest BCUT2D eigenvalue weighted by atomic mass is 9.87. The van der Waals surface area contributed by atoms with Crippen LogP contribution in [0.5, 0.6) is 11.5 Å². The van der Waals surface area contributed by atoms with Gasteiger partial charge in [-0.3, -0.25) is 14.5 Å². The third kappa shape index (κ3) is 3.77. The maximum absolute atomic E-state index is 13.2. The normalized spacial score (nSPS) is 21.7. The van der Waals surface area contributed by atoms with Crippen LogP contribution in [0, 0.1) is 0 Å². The van der Waals surface area contributed by atoms with Crippen molar-refractivity contribution in [1.82, 2.24) is 10.2 Å². The van der Waals surface area contributed by atoms with Gasteiger partial charge in [0.2, 0.25) is 5.91 Å². The lowest BCUT2D eigenvalue weighted by Gasteiger charge is -2.25. The number of hydrogen-bond acceptors (Lipinski definition) is 5. The number of fused-ring (bicyclic) bond motifs is 1. The number of carbonyl (C=O) groups is 3. The molecule has 1 fully saturated rings. The van der Waals surface area contributed by atoms with Gasteiger partial charge in [0.15, 0.2) is 0 Å². The summed E-state index contributed by atoms with van der Waals surface area (Å²) >= 11 is 0. The summed E-state index contributed by atoms with van der Waals surface area (Å²) in [7, 11) is 0. The van der Waals surface area contributed by atoms with Gasteiger partial charge in [0, 0.05) is 18.1 Å². The van der Waals surface area contributed by atoms with Crippen LogP contribution in [0.4, 0.5) is 10.5 Å². The molecule has 8 nitrogen and oxygen atoms in total. The molecule has 0 spiro atoms. The van der Waals surface area contributed by atoms with Crippen LogP contribution in [0.25, 0.3) is 0 Å². The van der Waals surface area contributed by atoms with Crippen molar-refractivity contribution in [3.05, 3.63) is 53.6 Å². The molecule has 0 aliphatic carbocycles. The van der Waals surface area contributed by atoms with Gasteiger partial charge in [-0.2, -0.15) is 0 Å². The Labute approximate surface area is 186 Å². The van der Waals surface area contributed by atoms with Crippen LogP contribution < -0.4 is 20.1 Å². The summed E-state index contributed by atoms with van der Waals surface area (Å²) in [6.07, 6.45) is 1.19. The molecule has 2 heterocycles. The fourth-order valence-corrected chi connectivity index (χ4v) is 4.28. The van der Waals surface area contributed by atoms with Gasteiger partial charge in [-0.15, -0.1) is 0 Å². The van der Waals surface area contributed by atoms with E-state index in [0.29, 0.717) is 35.8 Å². The number of nitrogens with one attached hydrogen (secondary N) is 2. The third-order valence-electron chi connectivity index (χ3n) is 5.85. The molecular weight excluding hydrogens is 410 g/mol. The number of benzene rings is 2. The smallest absolute Gasteiger partial charge is 0.325 e. The minimum atomic E-state index is -1.17. The van der Waals surface area contributed by atoms with Crippen molar-refractivity contribution in [2.75, 3.05) is 18.5 Å². The highest BCUT2D eigenvalue weighted by molar-refractivity contribution is 6.10. The molecule has 0 bridgehead atoms. The zero-order chi connectivity index (χ0) is 22.9. The molecule has 2 atom stereocenters. The molecule has 0 radical (unpaired) electrons. The molecule has 2 N–H and O–H groups in total. The number of rotatable bonds is 7. The highest BCUT2D eigenvalue weighted by atomic mass is 16.5. The van der Waals surface area contributed by atoms with E-state index in [1.807, 2.05) is 45.0 Å². The van der Waals surface area contributed by atoms with E-state index in [0.717, 1.165) is 16.9 Å². The molecule has 0 unspecified atom stereocenters. The average molecular weight is 437 g/mol. The van der Waals surface area contributed by atoms with Gasteiger partial charge in [-0.1, -0.05) is 37.3 Å². The van der Waals surface area contributed by atoms with Crippen LogP contribution in [-0.2, 0) is 21.5 Å². The van der Waals surface area contributed by atoms with E-state index in [4.69, 9.17) is 9.47 Å². The van der Waals surface area contributed by atoms with Crippen LogP contribution >= 0.6 is 0 Å². The minimum Gasteiger partial charge on any atom is -0.492 e. The zero-order valence-corrected chi connectivity index (χ0v) is 18.4. The van der Waals surface area contributed by atoms with Gasteiger partial charge in [-0.05, 0) is 31.9 Å². The van der Waals surface area contributed by atoms with Gasteiger partial charge >= 0.3 is 6.03 Å². The molecule has 2 aromatic rings. The second-order valence-corrected chi connectivity index (χ2v) is 8.02. The van der Waals surface area contributed by atoms with Crippen molar-refractivity contribution in [3.63, 3.8) is 0 Å². The summed E-state index contributed by atoms with van der Waals surface area (Å²) in [6.45, 7) is 5.69. The van der Waals surface area contributed by atoms with Crippen molar-refractivity contribution in [2.24, 2.45) is 0 Å². The molecular formula is C24H27N3O5. The Morgan fingerprint density at radius 1 is 1.25 bits per heavy atom. The first-order chi connectivity index (χ1) is 15.4. The summed E-state index contributed by atoms with van der Waals surface area (Å²) in [4.78, 5) is 39.7. The number of imide groups is 1.